The Kier molecular flexibility index (Phi) is 7.65. The topological polar surface area (TPSA) is 55.6 Å². The molecule has 6 heteroatoms. The third-order valence-electron chi connectivity index (χ3n) is 4.12. The Hall–Kier alpha value is -0.970. The average molecular weight is 361 g/mol. The fourth-order valence-electron chi connectivity index (χ4n) is 2.88. The van der Waals surface area contributed by atoms with E-state index < -0.39 is 5.54 Å². The number of ether oxygens (including phenoxy) is 1. The number of likely N-dealkylation sites (tertiary alicyclic amines) is 1. The number of hydrogen-bond acceptors (Lipinski definition) is 3. The first kappa shape index (κ1) is 20.1. The Morgan fingerprint density at radius 1 is 1.39 bits per heavy atom. The number of carbonyl (C=O) groups is 1. The fourth-order valence-corrected chi connectivity index (χ4v) is 3.06. The van der Waals surface area contributed by atoms with E-state index in [1.54, 1.807) is 0 Å². The lowest BCUT2D eigenvalue weighted by Gasteiger charge is -2.36. The zero-order chi connectivity index (χ0) is 16.2. The normalized spacial score (nSPS) is 18.0. The largest absolute Gasteiger partial charge is 0.489 e. The van der Waals surface area contributed by atoms with Crippen molar-refractivity contribution in [2.75, 3.05) is 13.1 Å². The molecule has 0 saturated carbocycles. The van der Waals surface area contributed by atoms with Crippen molar-refractivity contribution in [1.29, 1.82) is 0 Å². The number of nitrogens with two attached hydrogens (primary N) is 1. The number of halogens is 2. The van der Waals surface area contributed by atoms with E-state index in [0.717, 1.165) is 19.3 Å². The molecule has 0 aliphatic carbocycles. The highest BCUT2D eigenvalue weighted by atomic mass is 35.5. The van der Waals surface area contributed by atoms with Crippen molar-refractivity contribution >= 4 is 29.9 Å². The summed E-state index contributed by atoms with van der Waals surface area (Å²) in [6.07, 6.45) is 3.32. The van der Waals surface area contributed by atoms with Gasteiger partial charge in [0.2, 0.25) is 5.91 Å². The van der Waals surface area contributed by atoms with Gasteiger partial charge in [0.05, 0.1) is 10.6 Å². The van der Waals surface area contributed by atoms with Crippen molar-refractivity contribution in [3.05, 3.63) is 29.3 Å². The maximum Gasteiger partial charge on any atom is 0.242 e. The van der Waals surface area contributed by atoms with Crippen molar-refractivity contribution in [1.82, 2.24) is 4.90 Å². The van der Waals surface area contributed by atoms with Crippen molar-refractivity contribution in [3.8, 4) is 5.75 Å². The second-order valence-corrected chi connectivity index (χ2v) is 6.61. The Bertz CT molecular complexity index is 515. The number of nitrogens with zero attached hydrogens (tertiary/aromatic N) is 1. The lowest BCUT2D eigenvalue weighted by molar-refractivity contribution is -0.138. The molecule has 0 radical (unpaired) electrons. The Morgan fingerprint density at radius 3 is 2.57 bits per heavy atom. The van der Waals surface area contributed by atoms with Crippen LogP contribution in [0.2, 0.25) is 5.02 Å². The SMILES string of the molecule is CCCC(C)(N)C(=O)N1CCC(Oc2ccccc2Cl)CC1.Cl. The number of para-hydroxylation sites is 1. The minimum Gasteiger partial charge on any atom is -0.489 e. The summed E-state index contributed by atoms with van der Waals surface area (Å²) in [4.78, 5) is 14.3. The molecule has 2 N–H and O–H groups in total. The van der Waals surface area contributed by atoms with Gasteiger partial charge in [-0.15, -0.1) is 12.4 Å². The molecule has 1 aromatic carbocycles. The first-order valence-corrected chi connectivity index (χ1v) is 8.31. The molecular formula is C17H26Cl2N2O2. The van der Waals surface area contributed by atoms with Crippen LogP contribution in [0, 0.1) is 0 Å². The van der Waals surface area contributed by atoms with Crippen molar-refractivity contribution in [2.45, 2.75) is 51.2 Å². The van der Waals surface area contributed by atoms with Gasteiger partial charge in [0, 0.05) is 25.9 Å². The van der Waals surface area contributed by atoms with E-state index in [9.17, 15) is 4.79 Å². The van der Waals surface area contributed by atoms with Gasteiger partial charge in [-0.1, -0.05) is 37.1 Å². The van der Waals surface area contributed by atoms with Crippen LogP contribution >= 0.6 is 24.0 Å². The average Bonchev–Trinajstić information content (AvgIpc) is 2.49. The minimum atomic E-state index is -0.759. The van der Waals surface area contributed by atoms with Crippen LogP contribution < -0.4 is 10.5 Å². The fraction of sp³-hybridized carbons (Fsp3) is 0.588. The number of carbonyl (C=O) groups excluding carboxylic acids is 1. The van der Waals surface area contributed by atoms with Gasteiger partial charge in [0.1, 0.15) is 11.9 Å². The van der Waals surface area contributed by atoms with Gasteiger partial charge >= 0.3 is 0 Å². The minimum absolute atomic E-state index is 0. The van der Waals surface area contributed by atoms with E-state index in [2.05, 4.69) is 0 Å². The summed E-state index contributed by atoms with van der Waals surface area (Å²) in [5.74, 6) is 0.758. The summed E-state index contributed by atoms with van der Waals surface area (Å²) in [6.45, 7) is 5.24. The van der Waals surface area contributed by atoms with Gasteiger partial charge in [-0.3, -0.25) is 4.79 Å². The standard InChI is InChI=1S/C17H25ClN2O2.ClH/c1-3-10-17(2,19)16(21)20-11-8-13(9-12-20)22-15-7-5-4-6-14(15)18;/h4-7,13H,3,8-12,19H2,1-2H3;1H. The highest BCUT2D eigenvalue weighted by Gasteiger charge is 2.34. The molecule has 2 rings (SSSR count). The van der Waals surface area contributed by atoms with Crippen molar-refractivity contribution < 1.29 is 9.53 Å². The van der Waals surface area contributed by atoms with Crippen LogP contribution in [0.25, 0.3) is 0 Å². The van der Waals surface area contributed by atoms with Gasteiger partial charge in [-0.2, -0.15) is 0 Å². The number of rotatable bonds is 5. The van der Waals surface area contributed by atoms with Crippen LogP contribution in [0.3, 0.4) is 0 Å². The predicted molar refractivity (Wildman–Crippen MR) is 96.4 cm³/mol. The van der Waals surface area contributed by atoms with Crippen molar-refractivity contribution in [2.24, 2.45) is 5.73 Å². The van der Waals surface area contributed by atoms with Crippen molar-refractivity contribution in [3.63, 3.8) is 0 Å². The summed E-state index contributed by atoms with van der Waals surface area (Å²) in [7, 11) is 0. The number of benzene rings is 1. The highest BCUT2D eigenvalue weighted by Crippen LogP contribution is 2.27. The van der Waals surface area contributed by atoms with Gasteiger partial charge in [-0.05, 0) is 25.5 Å². The lowest BCUT2D eigenvalue weighted by atomic mass is 9.94. The molecule has 0 spiro atoms. The molecule has 130 valence electrons. The second kappa shape index (κ2) is 8.76. The first-order chi connectivity index (χ1) is 10.4. The molecule has 23 heavy (non-hydrogen) atoms. The third kappa shape index (κ3) is 5.27. The molecule has 1 aliphatic heterocycles. The lowest BCUT2D eigenvalue weighted by Crippen LogP contribution is -2.55. The van der Waals surface area contributed by atoms with E-state index in [1.165, 1.54) is 0 Å². The van der Waals surface area contributed by atoms with Gasteiger partial charge in [0.15, 0.2) is 0 Å². The molecule has 1 aromatic rings. The zero-order valence-electron chi connectivity index (χ0n) is 13.8. The third-order valence-corrected chi connectivity index (χ3v) is 4.43. The molecule has 1 aliphatic rings. The molecule has 1 unspecified atom stereocenters. The first-order valence-electron chi connectivity index (χ1n) is 7.93. The molecule has 0 aromatic heterocycles. The second-order valence-electron chi connectivity index (χ2n) is 6.21. The van der Waals surface area contributed by atoms with Crippen LogP contribution in [-0.2, 0) is 4.79 Å². The quantitative estimate of drug-likeness (QED) is 0.871. The summed E-state index contributed by atoms with van der Waals surface area (Å²) < 4.78 is 5.95. The number of hydrogen-bond donors (Lipinski definition) is 1. The summed E-state index contributed by atoms with van der Waals surface area (Å²) in [5, 5.41) is 0.624. The molecule has 1 fully saturated rings. The van der Waals surface area contributed by atoms with Crippen LogP contribution in [0.1, 0.15) is 39.5 Å². The van der Waals surface area contributed by atoms with Gasteiger partial charge in [-0.25, -0.2) is 0 Å². The number of piperidine rings is 1. The van der Waals surface area contributed by atoms with Crippen LogP contribution in [-0.4, -0.2) is 35.5 Å². The Morgan fingerprint density at radius 2 is 2.00 bits per heavy atom. The van der Waals surface area contributed by atoms with Crippen LogP contribution in [0.15, 0.2) is 24.3 Å². The van der Waals surface area contributed by atoms with E-state index in [0.29, 0.717) is 30.3 Å². The molecule has 1 amide bonds. The van der Waals surface area contributed by atoms with E-state index >= 15 is 0 Å². The van der Waals surface area contributed by atoms with E-state index in [4.69, 9.17) is 22.1 Å². The molecule has 0 bridgehead atoms. The molecular weight excluding hydrogens is 335 g/mol. The van der Waals surface area contributed by atoms with Gasteiger partial charge < -0.3 is 15.4 Å². The monoisotopic (exact) mass is 360 g/mol. The molecule has 4 nitrogen and oxygen atoms in total. The summed E-state index contributed by atoms with van der Waals surface area (Å²) in [5.41, 5.74) is 5.38. The van der Waals surface area contributed by atoms with E-state index in [-0.39, 0.29) is 24.4 Å². The van der Waals surface area contributed by atoms with E-state index in [1.807, 2.05) is 43.0 Å². The summed E-state index contributed by atoms with van der Waals surface area (Å²) >= 11 is 6.11. The predicted octanol–water partition coefficient (Wildman–Crippen LogP) is 3.65. The maximum atomic E-state index is 12.5. The van der Waals surface area contributed by atoms with Crippen LogP contribution in [0.5, 0.6) is 5.75 Å². The molecule has 1 saturated heterocycles. The molecule has 1 atom stereocenters. The zero-order valence-corrected chi connectivity index (χ0v) is 15.3. The smallest absolute Gasteiger partial charge is 0.242 e. The maximum absolute atomic E-state index is 12.5. The molecule has 1 heterocycles. The Balaban J connectivity index is 0.00000264. The Labute approximate surface area is 149 Å². The highest BCUT2D eigenvalue weighted by molar-refractivity contribution is 6.32. The number of amides is 1. The van der Waals surface area contributed by atoms with Gasteiger partial charge in [0.25, 0.3) is 0 Å². The van der Waals surface area contributed by atoms with Crippen LogP contribution in [0.4, 0.5) is 0 Å². The summed E-state index contributed by atoms with van der Waals surface area (Å²) in [6, 6.07) is 7.48.